The molecule has 1 rings (SSSR count). The van der Waals surface area contributed by atoms with Gasteiger partial charge in [-0.1, -0.05) is 35.4 Å². The van der Waals surface area contributed by atoms with Gasteiger partial charge >= 0.3 is 0 Å². The van der Waals surface area contributed by atoms with Crippen molar-refractivity contribution < 1.29 is 4.74 Å². The van der Waals surface area contributed by atoms with E-state index in [0.29, 0.717) is 20.8 Å². The minimum atomic E-state index is 0.515. The van der Waals surface area contributed by atoms with Crippen molar-refractivity contribution in [2.75, 3.05) is 7.11 Å². The van der Waals surface area contributed by atoms with Crippen molar-refractivity contribution in [3.63, 3.8) is 0 Å². The average Bonchev–Trinajstić information content (AvgIpc) is 2.16. The van der Waals surface area contributed by atoms with Gasteiger partial charge in [-0.25, -0.2) is 0 Å². The highest BCUT2D eigenvalue weighted by atomic mass is 35.5. The fourth-order valence-corrected chi connectivity index (χ4v) is 2.25. The SMILES string of the molecule is COc1c(Cl)cc(CCCC(N)=S)cc1Cl. The molecule has 0 unspecified atom stereocenters. The van der Waals surface area contributed by atoms with Gasteiger partial charge in [0.2, 0.25) is 0 Å². The third-order valence-corrected chi connectivity index (χ3v) is 2.92. The Morgan fingerprint density at radius 3 is 2.38 bits per heavy atom. The Morgan fingerprint density at radius 1 is 1.38 bits per heavy atom. The molecule has 88 valence electrons. The fraction of sp³-hybridized carbons (Fsp3) is 0.364. The first-order valence-corrected chi connectivity index (χ1v) is 6.01. The first kappa shape index (κ1) is 13.6. The van der Waals surface area contributed by atoms with Crippen LogP contribution in [0.1, 0.15) is 18.4 Å². The number of aryl methyl sites for hydroxylation is 1. The van der Waals surface area contributed by atoms with Gasteiger partial charge in [0.25, 0.3) is 0 Å². The molecule has 0 aliphatic rings. The predicted molar refractivity (Wildman–Crippen MR) is 72.7 cm³/mol. The van der Waals surface area contributed by atoms with E-state index >= 15 is 0 Å². The zero-order valence-corrected chi connectivity index (χ0v) is 11.3. The molecule has 5 heteroatoms. The van der Waals surface area contributed by atoms with Crippen molar-refractivity contribution in [3.8, 4) is 5.75 Å². The summed E-state index contributed by atoms with van der Waals surface area (Å²) in [6, 6.07) is 3.71. The maximum atomic E-state index is 6.02. The van der Waals surface area contributed by atoms with Crippen LogP contribution in [0.2, 0.25) is 10.0 Å². The molecule has 2 nitrogen and oxygen atoms in total. The largest absolute Gasteiger partial charge is 0.494 e. The van der Waals surface area contributed by atoms with Crippen molar-refractivity contribution in [3.05, 3.63) is 27.7 Å². The van der Waals surface area contributed by atoms with E-state index in [4.69, 9.17) is 45.9 Å². The summed E-state index contributed by atoms with van der Waals surface area (Å²) in [6.07, 6.45) is 2.48. The molecule has 0 radical (unpaired) electrons. The number of benzene rings is 1. The van der Waals surface area contributed by atoms with Crippen LogP contribution in [0.4, 0.5) is 0 Å². The van der Waals surface area contributed by atoms with E-state index in [1.54, 1.807) is 7.11 Å². The monoisotopic (exact) mass is 277 g/mol. The number of halogens is 2. The summed E-state index contributed by atoms with van der Waals surface area (Å²) in [6.45, 7) is 0. The molecule has 0 aliphatic carbocycles. The number of ether oxygens (including phenoxy) is 1. The zero-order chi connectivity index (χ0) is 12.1. The molecular formula is C11H13Cl2NOS. The summed E-state index contributed by atoms with van der Waals surface area (Å²) in [4.78, 5) is 0.533. The molecular weight excluding hydrogens is 265 g/mol. The zero-order valence-electron chi connectivity index (χ0n) is 8.93. The van der Waals surface area contributed by atoms with Crippen molar-refractivity contribution >= 4 is 40.4 Å². The van der Waals surface area contributed by atoms with Gasteiger partial charge in [-0.05, 0) is 37.0 Å². The standard InChI is InChI=1S/C11H13Cl2NOS/c1-15-11-8(12)5-7(6-9(11)13)3-2-4-10(14)16/h5-6H,2-4H2,1H3,(H2,14,16). The Morgan fingerprint density at radius 2 is 1.94 bits per heavy atom. The smallest absolute Gasteiger partial charge is 0.156 e. The molecule has 1 aromatic rings. The van der Waals surface area contributed by atoms with Crippen LogP contribution in [0.25, 0.3) is 0 Å². The Hall–Kier alpha value is -0.510. The lowest BCUT2D eigenvalue weighted by molar-refractivity contribution is 0.415. The highest BCUT2D eigenvalue weighted by molar-refractivity contribution is 7.80. The van der Waals surface area contributed by atoms with Crippen LogP contribution in [-0.4, -0.2) is 12.1 Å². The topological polar surface area (TPSA) is 35.2 Å². The van der Waals surface area contributed by atoms with Crippen LogP contribution in [0, 0.1) is 0 Å². The second kappa shape index (κ2) is 6.28. The molecule has 0 bridgehead atoms. The van der Waals surface area contributed by atoms with Gasteiger partial charge in [-0.3, -0.25) is 0 Å². The highest BCUT2D eigenvalue weighted by Gasteiger charge is 2.08. The Balaban J connectivity index is 2.72. The lowest BCUT2D eigenvalue weighted by Crippen LogP contribution is -2.07. The van der Waals surface area contributed by atoms with Gasteiger partial charge in [0, 0.05) is 0 Å². The second-order valence-electron chi connectivity index (χ2n) is 3.41. The molecule has 2 N–H and O–H groups in total. The lowest BCUT2D eigenvalue weighted by Gasteiger charge is -2.08. The van der Waals surface area contributed by atoms with Crippen LogP contribution in [0.5, 0.6) is 5.75 Å². The number of rotatable bonds is 5. The van der Waals surface area contributed by atoms with Gasteiger partial charge in [-0.2, -0.15) is 0 Å². The molecule has 1 aromatic carbocycles. The van der Waals surface area contributed by atoms with E-state index in [-0.39, 0.29) is 0 Å². The van der Waals surface area contributed by atoms with Gasteiger partial charge in [0.15, 0.2) is 5.75 Å². The first-order chi connectivity index (χ1) is 7.54. The van der Waals surface area contributed by atoms with Crippen LogP contribution in [-0.2, 0) is 6.42 Å². The average molecular weight is 278 g/mol. The molecule has 0 saturated carbocycles. The van der Waals surface area contributed by atoms with E-state index in [9.17, 15) is 0 Å². The van der Waals surface area contributed by atoms with E-state index < -0.39 is 0 Å². The minimum absolute atomic E-state index is 0.515. The van der Waals surface area contributed by atoms with E-state index in [1.807, 2.05) is 12.1 Å². The lowest BCUT2D eigenvalue weighted by atomic mass is 10.1. The van der Waals surface area contributed by atoms with Gasteiger partial charge in [-0.15, -0.1) is 0 Å². The molecule has 0 heterocycles. The summed E-state index contributed by atoms with van der Waals surface area (Å²) >= 11 is 16.8. The van der Waals surface area contributed by atoms with Crippen molar-refractivity contribution in [2.24, 2.45) is 5.73 Å². The van der Waals surface area contributed by atoms with E-state index in [2.05, 4.69) is 0 Å². The highest BCUT2D eigenvalue weighted by Crippen LogP contribution is 2.34. The molecule has 0 saturated heterocycles. The van der Waals surface area contributed by atoms with E-state index in [1.165, 1.54) is 0 Å². The van der Waals surface area contributed by atoms with Crippen molar-refractivity contribution in [2.45, 2.75) is 19.3 Å². The number of hydrogen-bond donors (Lipinski definition) is 1. The van der Waals surface area contributed by atoms with Crippen molar-refractivity contribution in [1.29, 1.82) is 0 Å². The molecule has 0 spiro atoms. The molecule has 0 aliphatic heterocycles. The van der Waals surface area contributed by atoms with Gasteiger partial charge in [0.05, 0.1) is 22.1 Å². The number of nitrogens with two attached hydrogens (primary N) is 1. The molecule has 0 aromatic heterocycles. The van der Waals surface area contributed by atoms with Crippen LogP contribution < -0.4 is 10.5 Å². The number of hydrogen-bond acceptors (Lipinski definition) is 2. The molecule has 0 atom stereocenters. The normalized spacial score (nSPS) is 10.2. The van der Waals surface area contributed by atoms with Crippen LogP contribution >= 0.6 is 35.4 Å². The van der Waals surface area contributed by atoms with E-state index in [0.717, 1.165) is 24.8 Å². The Labute approximate surface area is 111 Å². The number of thiocarbonyl (C=S) groups is 1. The summed E-state index contributed by atoms with van der Waals surface area (Å²) < 4.78 is 5.07. The summed E-state index contributed by atoms with van der Waals surface area (Å²) in [7, 11) is 1.54. The van der Waals surface area contributed by atoms with Crippen molar-refractivity contribution in [1.82, 2.24) is 0 Å². The Bertz CT molecular complexity index is 373. The second-order valence-corrected chi connectivity index (χ2v) is 4.75. The molecule has 0 fully saturated rings. The third kappa shape index (κ3) is 3.81. The van der Waals surface area contributed by atoms with Crippen LogP contribution in [0.15, 0.2) is 12.1 Å². The summed E-state index contributed by atoms with van der Waals surface area (Å²) in [5, 5.41) is 1.06. The summed E-state index contributed by atoms with van der Waals surface area (Å²) in [5.74, 6) is 0.515. The first-order valence-electron chi connectivity index (χ1n) is 4.84. The summed E-state index contributed by atoms with van der Waals surface area (Å²) in [5.41, 5.74) is 6.48. The minimum Gasteiger partial charge on any atom is -0.494 e. The predicted octanol–water partition coefficient (Wildman–Crippen LogP) is 3.61. The third-order valence-electron chi connectivity index (χ3n) is 2.15. The molecule has 16 heavy (non-hydrogen) atoms. The maximum absolute atomic E-state index is 6.02. The Kier molecular flexibility index (Phi) is 5.32. The quantitative estimate of drug-likeness (QED) is 0.836. The van der Waals surface area contributed by atoms with Gasteiger partial charge in [0.1, 0.15) is 0 Å². The fourth-order valence-electron chi connectivity index (χ4n) is 1.42. The molecule has 0 amide bonds. The maximum Gasteiger partial charge on any atom is 0.156 e. The van der Waals surface area contributed by atoms with Gasteiger partial charge < -0.3 is 10.5 Å². The van der Waals surface area contributed by atoms with Crippen LogP contribution in [0.3, 0.4) is 0 Å². The number of methoxy groups -OCH3 is 1.